The maximum atomic E-state index is 12.0. The highest BCUT2D eigenvalue weighted by atomic mass is 32.2. The van der Waals surface area contributed by atoms with E-state index in [-0.39, 0.29) is 6.04 Å². The molecule has 0 spiro atoms. The number of carbonyl (C=O) groups excluding carboxylic acids is 2. The molecule has 0 aliphatic rings. The minimum absolute atomic E-state index is 0.286. The molecule has 2 amide bonds. The topological polar surface area (TPSA) is 71.1 Å². The number of hydrogen-bond donors (Lipinski definition) is 2. The summed E-state index contributed by atoms with van der Waals surface area (Å²) in [6.45, 7) is 1.80. The molecule has 0 bridgehead atoms. The zero-order valence-electron chi connectivity index (χ0n) is 13.1. The van der Waals surface area contributed by atoms with Gasteiger partial charge >= 0.3 is 11.8 Å². The number of pyridine rings is 1. The summed E-state index contributed by atoms with van der Waals surface area (Å²) in [7, 11) is 0. The van der Waals surface area contributed by atoms with E-state index >= 15 is 0 Å². The highest BCUT2D eigenvalue weighted by molar-refractivity contribution is 7.97. The molecule has 5 nitrogen and oxygen atoms in total. The molecule has 2 rings (SSSR count). The van der Waals surface area contributed by atoms with Crippen LogP contribution in [-0.4, -0.2) is 23.1 Å². The summed E-state index contributed by atoms with van der Waals surface area (Å²) < 4.78 is 0. The summed E-state index contributed by atoms with van der Waals surface area (Å²) in [6.07, 6.45) is 5.35. The largest absolute Gasteiger partial charge is 0.341 e. The molecule has 1 atom stereocenters. The summed E-state index contributed by atoms with van der Waals surface area (Å²) >= 11 is 1.73. The second-order valence-corrected chi connectivity index (χ2v) is 5.93. The maximum absolute atomic E-state index is 12.0. The minimum Gasteiger partial charge on any atom is -0.341 e. The molecule has 0 saturated heterocycles. The molecule has 0 fully saturated rings. The van der Waals surface area contributed by atoms with Gasteiger partial charge in [0.15, 0.2) is 0 Å². The number of nitrogens with one attached hydrogen (secondary N) is 2. The number of carbonyl (C=O) groups is 2. The summed E-state index contributed by atoms with van der Waals surface area (Å²) in [4.78, 5) is 27.9. The van der Waals surface area contributed by atoms with Gasteiger partial charge in [-0.1, -0.05) is 18.2 Å². The smallest absolute Gasteiger partial charge is 0.313 e. The zero-order valence-corrected chi connectivity index (χ0v) is 13.9. The molecule has 0 aliphatic carbocycles. The molecule has 1 aromatic heterocycles. The molecule has 23 heavy (non-hydrogen) atoms. The molecule has 0 aliphatic heterocycles. The van der Waals surface area contributed by atoms with E-state index in [1.165, 1.54) is 5.56 Å². The summed E-state index contributed by atoms with van der Waals surface area (Å²) in [5.74, 6) is -0.440. The monoisotopic (exact) mass is 329 g/mol. The number of nitrogens with zero attached hydrogens (tertiary/aromatic N) is 1. The summed E-state index contributed by atoms with van der Waals surface area (Å²) in [6, 6.07) is 10.8. The van der Waals surface area contributed by atoms with Crippen LogP contribution in [0.1, 0.15) is 24.1 Å². The fraction of sp³-hybridized carbons (Fsp3) is 0.235. The van der Waals surface area contributed by atoms with Gasteiger partial charge in [0.05, 0.1) is 6.04 Å². The minimum atomic E-state index is -0.682. The number of aromatic nitrogens is 1. The molecule has 2 N–H and O–H groups in total. The lowest BCUT2D eigenvalue weighted by Crippen LogP contribution is -2.36. The van der Waals surface area contributed by atoms with Crippen molar-refractivity contribution in [1.82, 2.24) is 10.3 Å². The molecule has 0 radical (unpaired) electrons. The third-order valence-corrected chi connectivity index (χ3v) is 3.88. The van der Waals surface area contributed by atoms with Gasteiger partial charge in [-0.2, -0.15) is 11.8 Å². The van der Waals surface area contributed by atoms with Crippen LogP contribution in [0, 0.1) is 0 Å². The van der Waals surface area contributed by atoms with E-state index in [9.17, 15) is 9.59 Å². The van der Waals surface area contributed by atoms with Crippen LogP contribution >= 0.6 is 11.8 Å². The van der Waals surface area contributed by atoms with Gasteiger partial charge < -0.3 is 10.6 Å². The SMILES string of the molecule is CSCc1ccc(NC(=O)C(=O)NC(C)c2cccnc2)cc1. The highest BCUT2D eigenvalue weighted by Gasteiger charge is 2.17. The van der Waals surface area contributed by atoms with Crippen LogP contribution < -0.4 is 10.6 Å². The van der Waals surface area contributed by atoms with Crippen molar-refractivity contribution in [3.8, 4) is 0 Å². The Hall–Kier alpha value is -2.34. The average Bonchev–Trinajstić information content (AvgIpc) is 2.57. The second kappa shape index (κ2) is 8.33. The Kier molecular flexibility index (Phi) is 6.17. The summed E-state index contributed by atoms with van der Waals surface area (Å²) in [5, 5.41) is 5.25. The Balaban J connectivity index is 1.91. The first-order chi connectivity index (χ1) is 11.1. The second-order valence-electron chi connectivity index (χ2n) is 5.07. The van der Waals surface area contributed by atoms with E-state index in [1.807, 2.05) is 24.5 Å². The van der Waals surface area contributed by atoms with Crippen molar-refractivity contribution in [2.75, 3.05) is 11.6 Å². The summed E-state index contributed by atoms with van der Waals surface area (Å²) in [5.41, 5.74) is 2.62. The van der Waals surface area contributed by atoms with Gasteiger partial charge in [-0.25, -0.2) is 0 Å². The Bertz CT molecular complexity index is 659. The number of amides is 2. The predicted octanol–water partition coefficient (Wildman–Crippen LogP) is 2.76. The Morgan fingerprint density at radius 3 is 2.52 bits per heavy atom. The lowest BCUT2D eigenvalue weighted by Gasteiger charge is -2.13. The van der Waals surface area contributed by atoms with E-state index in [4.69, 9.17) is 0 Å². The van der Waals surface area contributed by atoms with Crippen molar-refractivity contribution < 1.29 is 9.59 Å². The molecule has 1 heterocycles. The standard InChI is InChI=1S/C17H19N3O2S/c1-12(14-4-3-9-18-10-14)19-16(21)17(22)20-15-7-5-13(6-8-15)11-23-2/h3-10,12H,11H2,1-2H3,(H,19,21)(H,20,22). The zero-order chi connectivity index (χ0) is 16.7. The van der Waals surface area contributed by atoms with E-state index in [1.54, 1.807) is 49.3 Å². The van der Waals surface area contributed by atoms with Gasteiger partial charge in [0.1, 0.15) is 0 Å². The van der Waals surface area contributed by atoms with Crippen LogP contribution in [0.4, 0.5) is 5.69 Å². The number of hydrogen-bond acceptors (Lipinski definition) is 4. The van der Waals surface area contributed by atoms with Crippen molar-refractivity contribution in [3.05, 3.63) is 59.9 Å². The van der Waals surface area contributed by atoms with E-state index in [0.717, 1.165) is 11.3 Å². The van der Waals surface area contributed by atoms with Crippen LogP contribution in [0.3, 0.4) is 0 Å². The van der Waals surface area contributed by atoms with Gasteiger partial charge in [0.2, 0.25) is 0 Å². The van der Waals surface area contributed by atoms with E-state index in [0.29, 0.717) is 5.69 Å². The van der Waals surface area contributed by atoms with E-state index < -0.39 is 11.8 Å². The lowest BCUT2D eigenvalue weighted by molar-refractivity contribution is -0.136. The molecule has 0 saturated carbocycles. The first-order valence-corrected chi connectivity index (χ1v) is 8.59. The molecular formula is C17H19N3O2S. The fourth-order valence-electron chi connectivity index (χ4n) is 2.02. The third kappa shape index (κ3) is 5.10. The third-order valence-electron chi connectivity index (χ3n) is 3.26. The predicted molar refractivity (Wildman–Crippen MR) is 93.1 cm³/mol. The Morgan fingerprint density at radius 2 is 1.91 bits per heavy atom. The van der Waals surface area contributed by atoms with Crippen molar-refractivity contribution in [3.63, 3.8) is 0 Å². The number of rotatable bonds is 5. The van der Waals surface area contributed by atoms with Gasteiger partial charge in [-0.05, 0) is 42.5 Å². The number of benzene rings is 1. The van der Waals surface area contributed by atoms with Crippen LogP contribution in [0.15, 0.2) is 48.8 Å². The molecule has 6 heteroatoms. The highest BCUT2D eigenvalue weighted by Crippen LogP contribution is 2.14. The van der Waals surface area contributed by atoms with Crippen molar-refractivity contribution in [1.29, 1.82) is 0 Å². The Labute approximate surface area is 139 Å². The quantitative estimate of drug-likeness (QED) is 0.828. The lowest BCUT2D eigenvalue weighted by atomic mass is 10.1. The first kappa shape index (κ1) is 17.0. The van der Waals surface area contributed by atoms with Crippen molar-refractivity contribution in [2.45, 2.75) is 18.7 Å². The fourth-order valence-corrected chi connectivity index (χ4v) is 2.54. The van der Waals surface area contributed by atoms with Crippen LogP contribution in [-0.2, 0) is 15.3 Å². The van der Waals surface area contributed by atoms with Gasteiger partial charge in [-0.3, -0.25) is 14.6 Å². The van der Waals surface area contributed by atoms with Crippen LogP contribution in [0.5, 0.6) is 0 Å². The Morgan fingerprint density at radius 1 is 1.17 bits per heavy atom. The van der Waals surface area contributed by atoms with Crippen LogP contribution in [0.2, 0.25) is 0 Å². The molecule has 1 unspecified atom stereocenters. The van der Waals surface area contributed by atoms with Gasteiger partial charge in [0.25, 0.3) is 0 Å². The molecule has 1 aromatic carbocycles. The molecule has 120 valence electrons. The van der Waals surface area contributed by atoms with Gasteiger partial charge in [0, 0.05) is 23.8 Å². The molecular weight excluding hydrogens is 310 g/mol. The van der Waals surface area contributed by atoms with Crippen molar-refractivity contribution >= 4 is 29.3 Å². The van der Waals surface area contributed by atoms with Crippen LogP contribution in [0.25, 0.3) is 0 Å². The average molecular weight is 329 g/mol. The van der Waals surface area contributed by atoms with Crippen molar-refractivity contribution in [2.24, 2.45) is 0 Å². The van der Waals surface area contributed by atoms with E-state index in [2.05, 4.69) is 15.6 Å². The normalized spacial score (nSPS) is 11.6. The number of anilines is 1. The first-order valence-electron chi connectivity index (χ1n) is 7.20. The molecule has 2 aromatic rings. The number of thioether (sulfide) groups is 1. The maximum Gasteiger partial charge on any atom is 0.313 e. The van der Waals surface area contributed by atoms with Gasteiger partial charge in [-0.15, -0.1) is 0 Å².